The van der Waals surface area contributed by atoms with E-state index < -0.39 is 0 Å². The summed E-state index contributed by atoms with van der Waals surface area (Å²) in [5, 5.41) is 5.60. The zero-order chi connectivity index (χ0) is 16.1. The maximum Gasteiger partial charge on any atom is 0.323 e. The minimum atomic E-state index is -0.166. The lowest BCUT2D eigenvalue weighted by Gasteiger charge is -2.34. The van der Waals surface area contributed by atoms with Crippen LogP contribution in [0.3, 0.4) is 0 Å². The van der Waals surface area contributed by atoms with Crippen molar-refractivity contribution in [2.75, 3.05) is 38.8 Å². The highest BCUT2D eigenvalue weighted by atomic mass is 32.1. The Balaban J connectivity index is 1.67. The molecule has 0 bridgehead atoms. The lowest BCUT2D eigenvalue weighted by molar-refractivity contribution is -0.0133. The molecular weight excluding hydrogens is 314 g/mol. The summed E-state index contributed by atoms with van der Waals surface area (Å²) in [4.78, 5) is 18.7. The Morgan fingerprint density at radius 1 is 1.48 bits per heavy atom. The average molecular weight is 333 g/mol. The Kier molecular flexibility index (Phi) is 5.22. The average Bonchev–Trinajstić information content (AvgIpc) is 3.05. The third-order valence-electron chi connectivity index (χ3n) is 3.61. The van der Waals surface area contributed by atoms with E-state index in [1.807, 2.05) is 35.7 Å². The summed E-state index contributed by atoms with van der Waals surface area (Å²) >= 11 is 1.51. The fraction of sp³-hybridized carbons (Fsp3) is 0.375. The van der Waals surface area contributed by atoms with Gasteiger partial charge in [-0.3, -0.25) is 5.32 Å². The molecule has 1 aromatic carbocycles. The summed E-state index contributed by atoms with van der Waals surface area (Å²) in [6.07, 6.45) is 0. The largest absolute Gasteiger partial charge is 0.382 e. The van der Waals surface area contributed by atoms with E-state index in [0.29, 0.717) is 32.2 Å². The zero-order valence-corrected chi connectivity index (χ0v) is 13.7. The summed E-state index contributed by atoms with van der Waals surface area (Å²) in [5.74, 6) is 0.571. The van der Waals surface area contributed by atoms with Gasteiger partial charge in [0.05, 0.1) is 25.9 Å². The smallest absolute Gasteiger partial charge is 0.323 e. The molecule has 1 aliphatic rings. The minimum Gasteiger partial charge on any atom is -0.382 e. The number of rotatable bonds is 4. The fourth-order valence-corrected chi connectivity index (χ4v) is 3.24. The number of morpholine rings is 1. The highest BCUT2D eigenvalue weighted by molar-refractivity contribution is 7.13. The summed E-state index contributed by atoms with van der Waals surface area (Å²) in [6.45, 7) is 2.04. The van der Waals surface area contributed by atoms with Gasteiger partial charge in [0, 0.05) is 24.6 Å². The molecule has 1 aromatic heterocycles. The number of hydrogen-bond acceptors (Lipinski definition) is 5. The highest BCUT2D eigenvalue weighted by Crippen LogP contribution is 2.25. The van der Waals surface area contributed by atoms with Gasteiger partial charge < -0.3 is 14.4 Å². The Bertz CT molecular complexity index is 645. The standard InChI is InChI=1S/C16H19N3O3S/c1-21-9-13-10-22-8-7-19(13)16(20)18-14-11-23-15(17-14)12-5-3-2-4-6-12/h2-6,11,13H,7-10H2,1H3,(H,18,20). The van der Waals surface area contributed by atoms with E-state index in [9.17, 15) is 4.79 Å². The monoisotopic (exact) mass is 333 g/mol. The van der Waals surface area contributed by atoms with Gasteiger partial charge in [-0.05, 0) is 0 Å². The number of thiazole rings is 1. The molecule has 1 fully saturated rings. The van der Waals surface area contributed by atoms with Gasteiger partial charge in [0.25, 0.3) is 0 Å². The first-order valence-corrected chi connectivity index (χ1v) is 8.31. The molecule has 1 unspecified atom stereocenters. The van der Waals surface area contributed by atoms with Gasteiger partial charge in [-0.1, -0.05) is 30.3 Å². The van der Waals surface area contributed by atoms with Gasteiger partial charge in [0.15, 0.2) is 0 Å². The summed E-state index contributed by atoms with van der Waals surface area (Å²) in [6, 6.07) is 9.67. The fourth-order valence-electron chi connectivity index (χ4n) is 2.48. The van der Waals surface area contributed by atoms with Crippen LogP contribution in [-0.2, 0) is 9.47 Å². The number of aromatic nitrogens is 1. The van der Waals surface area contributed by atoms with Crippen LogP contribution < -0.4 is 5.32 Å². The Morgan fingerprint density at radius 2 is 2.30 bits per heavy atom. The molecule has 3 rings (SSSR count). The van der Waals surface area contributed by atoms with Gasteiger partial charge in [-0.15, -0.1) is 11.3 Å². The number of urea groups is 1. The molecule has 1 aliphatic heterocycles. The number of nitrogens with zero attached hydrogens (tertiary/aromatic N) is 2. The predicted octanol–water partition coefficient (Wildman–Crippen LogP) is 2.69. The van der Waals surface area contributed by atoms with E-state index >= 15 is 0 Å². The van der Waals surface area contributed by atoms with Crippen molar-refractivity contribution < 1.29 is 14.3 Å². The van der Waals surface area contributed by atoms with Crippen molar-refractivity contribution in [1.29, 1.82) is 0 Å². The van der Waals surface area contributed by atoms with Crippen LogP contribution in [0.5, 0.6) is 0 Å². The molecule has 2 aromatic rings. The molecule has 0 spiro atoms. The van der Waals surface area contributed by atoms with E-state index in [0.717, 1.165) is 10.6 Å². The minimum absolute atomic E-state index is 0.0685. The van der Waals surface area contributed by atoms with Crippen molar-refractivity contribution >= 4 is 23.2 Å². The summed E-state index contributed by atoms with van der Waals surface area (Å²) < 4.78 is 10.6. The van der Waals surface area contributed by atoms with Crippen LogP contribution in [0.1, 0.15) is 0 Å². The Morgan fingerprint density at radius 3 is 3.09 bits per heavy atom. The number of methoxy groups -OCH3 is 1. The van der Waals surface area contributed by atoms with E-state index in [1.165, 1.54) is 11.3 Å². The van der Waals surface area contributed by atoms with E-state index in [4.69, 9.17) is 9.47 Å². The number of ether oxygens (including phenoxy) is 2. The van der Waals surface area contributed by atoms with E-state index in [2.05, 4.69) is 10.3 Å². The third-order valence-corrected chi connectivity index (χ3v) is 4.50. The molecule has 2 amide bonds. The number of carbonyl (C=O) groups excluding carboxylic acids is 1. The second-order valence-electron chi connectivity index (χ2n) is 5.21. The molecule has 1 N–H and O–H groups in total. The molecule has 0 radical (unpaired) electrons. The molecular formula is C16H19N3O3S. The maximum absolute atomic E-state index is 12.5. The zero-order valence-electron chi connectivity index (χ0n) is 12.9. The SMILES string of the molecule is COCC1COCCN1C(=O)Nc1csc(-c2ccccc2)n1. The van der Waals surface area contributed by atoms with Gasteiger partial charge in [0.1, 0.15) is 10.8 Å². The Labute approximate surface area is 139 Å². The predicted molar refractivity (Wildman–Crippen MR) is 89.8 cm³/mol. The molecule has 23 heavy (non-hydrogen) atoms. The van der Waals surface area contributed by atoms with Crippen molar-refractivity contribution in [2.24, 2.45) is 0 Å². The van der Waals surface area contributed by atoms with Gasteiger partial charge in [0.2, 0.25) is 0 Å². The van der Waals surface area contributed by atoms with Crippen molar-refractivity contribution in [3.8, 4) is 10.6 Å². The van der Waals surface area contributed by atoms with Crippen molar-refractivity contribution in [3.63, 3.8) is 0 Å². The molecule has 122 valence electrons. The van der Waals surface area contributed by atoms with Crippen LogP contribution in [0.4, 0.5) is 10.6 Å². The number of hydrogen-bond donors (Lipinski definition) is 1. The van der Waals surface area contributed by atoms with Gasteiger partial charge in [-0.25, -0.2) is 9.78 Å². The van der Waals surface area contributed by atoms with Crippen LogP contribution >= 0.6 is 11.3 Å². The molecule has 0 aliphatic carbocycles. The van der Waals surface area contributed by atoms with Crippen LogP contribution in [0.2, 0.25) is 0 Å². The second-order valence-corrected chi connectivity index (χ2v) is 6.07. The van der Waals surface area contributed by atoms with Crippen molar-refractivity contribution in [3.05, 3.63) is 35.7 Å². The first-order chi connectivity index (χ1) is 11.3. The van der Waals surface area contributed by atoms with Crippen molar-refractivity contribution in [1.82, 2.24) is 9.88 Å². The Hall–Kier alpha value is -1.96. The molecule has 1 saturated heterocycles. The van der Waals surface area contributed by atoms with Crippen LogP contribution in [0, 0.1) is 0 Å². The third kappa shape index (κ3) is 3.87. The van der Waals surface area contributed by atoms with Crippen LogP contribution in [0.15, 0.2) is 35.7 Å². The number of benzene rings is 1. The normalized spacial score (nSPS) is 18.0. The van der Waals surface area contributed by atoms with Gasteiger partial charge >= 0.3 is 6.03 Å². The first-order valence-electron chi connectivity index (χ1n) is 7.43. The first kappa shape index (κ1) is 15.9. The molecule has 6 nitrogen and oxygen atoms in total. The molecule has 2 heterocycles. The van der Waals surface area contributed by atoms with Crippen molar-refractivity contribution in [2.45, 2.75) is 6.04 Å². The summed E-state index contributed by atoms with van der Waals surface area (Å²) in [7, 11) is 1.62. The van der Waals surface area contributed by atoms with Crippen LogP contribution in [-0.4, -0.2) is 55.4 Å². The summed E-state index contributed by atoms with van der Waals surface area (Å²) in [5.41, 5.74) is 1.04. The molecule has 7 heteroatoms. The van der Waals surface area contributed by atoms with Crippen LogP contribution in [0.25, 0.3) is 10.6 Å². The molecule has 1 atom stereocenters. The number of carbonyl (C=O) groups is 1. The lowest BCUT2D eigenvalue weighted by Crippen LogP contribution is -2.52. The van der Waals surface area contributed by atoms with E-state index in [1.54, 1.807) is 12.0 Å². The highest BCUT2D eigenvalue weighted by Gasteiger charge is 2.27. The van der Waals surface area contributed by atoms with E-state index in [-0.39, 0.29) is 12.1 Å². The quantitative estimate of drug-likeness (QED) is 0.934. The second kappa shape index (κ2) is 7.54. The number of nitrogens with one attached hydrogen (secondary N) is 1. The van der Waals surface area contributed by atoms with Gasteiger partial charge in [-0.2, -0.15) is 0 Å². The number of anilines is 1. The molecule has 0 saturated carbocycles. The lowest BCUT2D eigenvalue weighted by atomic mass is 10.2. The topological polar surface area (TPSA) is 63.7 Å². The maximum atomic E-state index is 12.5. The number of amides is 2.